The highest BCUT2D eigenvalue weighted by Gasteiger charge is 2.37. The van der Waals surface area contributed by atoms with Crippen molar-refractivity contribution in [1.82, 2.24) is 0 Å². The van der Waals surface area contributed by atoms with Crippen LogP contribution >= 0.6 is 0 Å². The SMILES string of the molecule is CCc1ccc(NC2CCC3(CCCC3)CC2)cc1. The maximum atomic E-state index is 3.74. The van der Waals surface area contributed by atoms with Crippen molar-refractivity contribution in [3.8, 4) is 0 Å². The zero-order chi connectivity index (χ0) is 13.1. The van der Waals surface area contributed by atoms with Crippen molar-refractivity contribution in [2.24, 2.45) is 5.41 Å². The summed E-state index contributed by atoms with van der Waals surface area (Å²) < 4.78 is 0. The van der Waals surface area contributed by atoms with Crippen LogP contribution in [0.25, 0.3) is 0 Å². The second-order valence-electron chi connectivity index (χ2n) is 6.68. The third-order valence-electron chi connectivity index (χ3n) is 5.44. The lowest BCUT2D eigenvalue weighted by Crippen LogP contribution is -2.31. The van der Waals surface area contributed by atoms with E-state index in [4.69, 9.17) is 0 Å². The monoisotopic (exact) mass is 257 g/mol. The number of nitrogens with one attached hydrogen (secondary N) is 1. The van der Waals surface area contributed by atoms with Crippen LogP contribution in [0.2, 0.25) is 0 Å². The summed E-state index contributed by atoms with van der Waals surface area (Å²) in [6.07, 6.45) is 12.8. The molecule has 0 amide bonds. The summed E-state index contributed by atoms with van der Waals surface area (Å²) in [6, 6.07) is 9.71. The van der Waals surface area contributed by atoms with Crippen LogP contribution in [-0.4, -0.2) is 6.04 Å². The molecular formula is C18H27N. The van der Waals surface area contributed by atoms with Gasteiger partial charge in [-0.15, -0.1) is 0 Å². The standard InChI is InChI=1S/C18H27N/c1-2-15-5-7-16(8-6-15)19-17-9-13-18(14-10-17)11-3-4-12-18/h5-8,17,19H,2-4,9-14H2,1H3. The van der Waals surface area contributed by atoms with E-state index in [0.29, 0.717) is 6.04 Å². The van der Waals surface area contributed by atoms with Crippen molar-refractivity contribution in [1.29, 1.82) is 0 Å². The fourth-order valence-electron chi connectivity index (χ4n) is 4.07. The molecule has 0 radical (unpaired) electrons. The molecule has 0 aliphatic heterocycles. The molecule has 19 heavy (non-hydrogen) atoms. The summed E-state index contributed by atoms with van der Waals surface area (Å²) in [5, 5.41) is 3.74. The number of hydrogen-bond donors (Lipinski definition) is 1. The van der Waals surface area contributed by atoms with Crippen molar-refractivity contribution in [3.63, 3.8) is 0 Å². The first-order valence-electron chi connectivity index (χ1n) is 8.15. The zero-order valence-corrected chi connectivity index (χ0v) is 12.3. The second kappa shape index (κ2) is 5.56. The smallest absolute Gasteiger partial charge is 0.0342 e. The molecule has 1 N–H and O–H groups in total. The Kier molecular flexibility index (Phi) is 3.81. The van der Waals surface area contributed by atoms with E-state index in [0.717, 1.165) is 11.8 Å². The molecule has 1 aromatic carbocycles. The highest BCUT2D eigenvalue weighted by atomic mass is 14.9. The summed E-state index contributed by atoms with van der Waals surface area (Å²) in [5.74, 6) is 0. The first-order valence-corrected chi connectivity index (χ1v) is 8.15. The van der Waals surface area contributed by atoms with Gasteiger partial charge in [-0.25, -0.2) is 0 Å². The van der Waals surface area contributed by atoms with Crippen molar-refractivity contribution in [2.75, 3.05) is 5.32 Å². The Morgan fingerprint density at radius 1 is 1.00 bits per heavy atom. The minimum absolute atomic E-state index is 0.707. The predicted octanol–water partition coefficient (Wildman–Crippen LogP) is 5.16. The van der Waals surface area contributed by atoms with Crippen LogP contribution in [-0.2, 0) is 6.42 Å². The summed E-state index contributed by atoms with van der Waals surface area (Å²) >= 11 is 0. The Bertz CT molecular complexity index is 390. The van der Waals surface area contributed by atoms with E-state index in [2.05, 4.69) is 36.5 Å². The lowest BCUT2D eigenvalue weighted by Gasteiger charge is -2.37. The summed E-state index contributed by atoms with van der Waals surface area (Å²) in [7, 11) is 0. The van der Waals surface area contributed by atoms with E-state index in [1.54, 1.807) is 0 Å². The van der Waals surface area contributed by atoms with E-state index < -0.39 is 0 Å². The number of aryl methyl sites for hydroxylation is 1. The van der Waals surface area contributed by atoms with Gasteiger partial charge in [-0.05, 0) is 68.1 Å². The maximum Gasteiger partial charge on any atom is 0.0342 e. The average molecular weight is 257 g/mol. The van der Waals surface area contributed by atoms with Crippen molar-refractivity contribution >= 4 is 5.69 Å². The van der Waals surface area contributed by atoms with Gasteiger partial charge in [0, 0.05) is 11.7 Å². The van der Waals surface area contributed by atoms with Crippen LogP contribution in [0.3, 0.4) is 0 Å². The molecule has 1 aromatic rings. The van der Waals surface area contributed by atoms with Gasteiger partial charge in [0.15, 0.2) is 0 Å². The Hall–Kier alpha value is -0.980. The number of rotatable bonds is 3. The van der Waals surface area contributed by atoms with Crippen LogP contribution in [0.4, 0.5) is 5.69 Å². The van der Waals surface area contributed by atoms with E-state index in [9.17, 15) is 0 Å². The molecule has 2 fully saturated rings. The number of hydrogen-bond acceptors (Lipinski definition) is 1. The first-order chi connectivity index (χ1) is 9.30. The third kappa shape index (κ3) is 2.96. The fraction of sp³-hybridized carbons (Fsp3) is 0.667. The lowest BCUT2D eigenvalue weighted by atomic mass is 9.71. The number of benzene rings is 1. The fourth-order valence-corrected chi connectivity index (χ4v) is 4.07. The van der Waals surface area contributed by atoms with E-state index in [-0.39, 0.29) is 0 Å². The Balaban J connectivity index is 1.53. The predicted molar refractivity (Wildman–Crippen MR) is 82.6 cm³/mol. The molecule has 0 aromatic heterocycles. The van der Waals surface area contributed by atoms with E-state index in [1.807, 2.05) is 0 Å². The van der Waals surface area contributed by atoms with Crippen LogP contribution in [0.1, 0.15) is 63.9 Å². The molecule has 1 heteroatoms. The molecular weight excluding hydrogens is 230 g/mol. The summed E-state index contributed by atoms with van der Waals surface area (Å²) in [5.41, 5.74) is 3.49. The molecule has 2 aliphatic carbocycles. The topological polar surface area (TPSA) is 12.0 Å². The van der Waals surface area contributed by atoms with Crippen molar-refractivity contribution < 1.29 is 0 Å². The van der Waals surface area contributed by atoms with Crippen LogP contribution < -0.4 is 5.32 Å². The highest BCUT2D eigenvalue weighted by Crippen LogP contribution is 2.49. The molecule has 0 atom stereocenters. The Morgan fingerprint density at radius 3 is 2.21 bits per heavy atom. The van der Waals surface area contributed by atoms with Crippen LogP contribution in [0.15, 0.2) is 24.3 Å². The maximum absolute atomic E-state index is 3.74. The van der Waals surface area contributed by atoms with Crippen LogP contribution in [0, 0.1) is 5.41 Å². The summed E-state index contributed by atoms with van der Waals surface area (Å²) in [6.45, 7) is 2.21. The molecule has 1 spiro atoms. The van der Waals surface area contributed by atoms with Gasteiger partial charge in [0.25, 0.3) is 0 Å². The Labute approximate surface area is 117 Å². The molecule has 0 heterocycles. The lowest BCUT2D eigenvalue weighted by molar-refractivity contribution is 0.188. The highest BCUT2D eigenvalue weighted by molar-refractivity contribution is 5.45. The second-order valence-corrected chi connectivity index (χ2v) is 6.68. The molecule has 2 saturated carbocycles. The molecule has 1 nitrogen and oxygen atoms in total. The van der Waals surface area contributed by atoms with Gasteiger partial charge in [-0.3, -0.25) is 0 Å². The van der Waals surface area contributed by atoms with Gasteiger partial charge in [-0.2, -0.15) is 0 Å². The van der Waals surface area contributed by atoms with Gasteiger partial charge in [0.2, 0.25) is 0 Å². The normalized spacial score (nSPS) is 22.8. The van der Waals surface area contributed by atoms with Crippen LogP contribution in [0.5, 0.6) is 0 Å². The van der Waals surface area contributed by atoms with Crippen molar-refractivity contribution in [2.45, 2.75) is 70.8 Å². The molecule has 2 aliphatic rings. The van der Waals surface area contributed by atoms with Crippen molar-refractivity contribution in [3.05, 3.63) is 29.8 Å². The molecule has 0 unspecified atom stereocenters. The zero-order valence-electron chi connectivity index (χ0n) is 12.3. The van der Waals surface area contributed by atoms with Gasteiger partial charge >= 0.3 is 0 Å². The molecule has 0 saturated heterocycles. The largest absolute Gasteiger partial charge is 0.382 e. The Morgan fingerprint density at radius 2 is 1.63 bits per heavy atom. The van der Waals surface area contributed by atoms with E-state index in [1.165, 1.54) is 62.6 Å². The minimum atomic E-state index is 0.707. The van der Waals surface area contributed by atoms with E-state index >= 15 is 0 Å². The minimum Gasteiger partial charge on any atom is -0.382 e. The third-order valence-corrected chi connectivity index (χ3v) is 5.44. The first kappa shape index (κ1) is 13.0. The molecule has 3 rings (SSSR count). The van der Waals surface area contributed by atoms with Gasteiger partial charge in [0.05, 0.1) is 0 Å². The average Bonchev–Trinajstić information content (AvgIpc) is 2.91. The summed E-state index contributed by atoms with van der Waals surface area (Å²) in [4.78, 5) is 0. The van der Waals surface area contributed by atoms with Gasteiger partial charge < -0.3 is 5.32 Å². The van der Waals surface area contributed by atoms with Gasteiger partial charge in [-0.1, -0.05) is 31.9 Å². The molecule has 0 bridgehead atoms. The quantitative estimate of drug-likeness (QED) is 0.788. The molecule has 104 valence electrons. The van der Waals surface area contributed by atoms with Gasteiger partial charge in [0.1, 0.15) is 0 Å². The number of anilines is 1.